The molecule has 1 amide bonds. The first-order valence-electron chi connectivity index (χ1n) is 8.48. The number of benzene rings is 1. The van der Waals surface area contributed by atoms with Gasteiger partial charge in [0.15, 0.2) is 5.75 Å². The number of halogens is 4. The molecule has 2 N–H and O–H groups in total. The minimum atomic E-state index is -3.16. The van der Waals surface area contributed by atoms with Crippen molar-refractivity contribution in [1.29, 1.82) is 0 Å². The molecule has 2 aliphatic heterocycles. The quantitative estimate of drug-likeness (QED) is 0.712. The lowest BCUT2D eigenvalue weighted by molar-refractivity contribution is -0.117. The molecule has 0 saturated carbocycles. The number of ether oxygens (including phenoxy) is 2. The number of carbonyl (C=O) groups excluding carboxylic acids is 1. The molecule has 144 valence electrons. The first-order chi connectivity index (χ1) is 12.4. The van der Waals surface area contributed by atoms with E-state index < -0.39 is 19.0 Å². The van der Waals surface area contributed by atoms with Crippen LogP contribution in [0.4, 0.5) is 23.2 Å². The molecule has 2 saturated heterocycles. The van der Waals surface area contributed by atoms with E-state index in [1.165, 1.54) is 6.07 Å². The van der Waals surface area contributed by atoms with Crippen LogP contribution in [0, 0.1) is 5.92 Å². The summed E-state index contributed by atoms with van der Waals surface area (Å²) in [5, 5.41) is 6.02. The van der Waals surface area contributed by atoms with Crippen LogP contribution in [-0.4, -0.2) is 31.2 Å². The number of piperidine rings is 1. The highest BCUT2D eigenvalue weighted by atomic mass is 19.3. The van der Waals surface area contributed by atoms with Crippen LogP contribution in [0.25, 0.3) is 0 Å². The Morgan fingerprint density at radius 3 is 2.38 bits per heavy atom. The van der Waals surface area contributed by atoms with Crippen molar-refractivity contribution < 1.29 is 31.8 Å². The summed E-state index contributed by atoms with van der Waals surface area (Å²) in [5.74, 6) is -0.840. The van der Waals surface area contributed by atoms with Gasteiger partial charge in [-0.1, -0.05) is 0 Å². The number of carbonyl (C=O) groups is 1. The highest BCUT2D eigenvalue weighted by molar-refractivity contribution is 5.92. The molecule has 0 aromatic heterocycles. The molecule has 2 aliphatic rings. The second-order valence-electron chi connectivity index (χ2n) is 6.64. The van der Waals surface area contributed by atoms with Crippen LogP contribution < -0.4 is 20.1 Å². The summed E-state index contributed by atoms with van der Waals surface area (Å²) in [7, 11) is 0. The Bertz CT molecular complexity index is 632. The van der Waals surface area contributed by atoms with Gasteiger partial charge in [-0.15, -0.1) is 0 Å². The zero-order valence-corrected chi connectivity index (χ0v) is 13.9. The summed E-state index contributed by atoms with van der Waals surface area (Å²) in [6.07, 6.45) is 4.32. The maximum absolute atomic E-state index is 12.6. The largest absolute Gasteiger partial charge is 0.435 e. The van der Waals surface area contributed by atoms with Gasteiger partial charge in [-0.3, -0.25) is 4.79 Å². The number of amides is 1. The number of hydrogen-bond donors (Lipinski definition) is 2. The standard InChI is InChI=1S/C17H20F4N2O3/c18-16(19)25-12-3-4-13(14(8-12)26-17(20)21)23-15(24)7-9-5-10-1-2-11(6-9)22-10/h3-4,8-11,16-17,22H,1-2,5-7H2,(H,23,24). The molecule has 5 nitrogen and oxygen atoms in total. The summed E-state index contributed by atoms with van der Waals surface area (Å²) in [5.41, 5.74) is -0.00572. The van der Waals surface area contributed by atoms with Gasteiger partial charge in [0.05, 0.1) is 5.69 Å². The van der Waals surface area contributed by atoms with Crippen LogP contribution >= 0.6 is 0 Å². The average molecular weight is 376 g/mol. The molecule has 2 bridgehead atoms. The van der Waals surface area contributed by atoms with Gasteiger partial charge < -0.3 is 20.1 Å². The number of hydrogen-bond acceptors (Lipinski definition) is 4. The van der Waals surface area contributed by atoms with E-state index in [4.69, 9.17) is 0 Å². The molecule has 0 aliphatic carbocycles. The van der Waals surface area contributed by atoms with Gasteiger partial charge in [0.2, 0.25) is 5.91 Å². The fourth-order valence-electron chi connectivity index (χ4n) is 3.78. The summed E-state index contributed by atoms with van der Waals surface area (Å²) < 4.78 is 58.2. The van der Waals surface area contributed by atoms with Crippen LogP contribution in [-0.2, 0) is 4.79 Å². The minimum Gasteiger partial charge on any atom is -0.435 e. The number of rotatable bonds is 7. The van der Waals surface area contributed by atoms with Crippen LogP contribution in [0.5, 0.6) is 11.5 Å². The first kappa shape index (κ1) is 18.8. The fraction of sp³-hybridized carbons (Fsp3) is 0.588. The zero-order valence-electron chi connectivity index (χ0n) is 13.9. The highest BCUT2D eigenvalue weighted by Crippen LogP contribution is 2.34. The molecule has 2 fully saturated rings. The maximum atomic E-state index is 12.6. The van der Waals surface area contributed by atoms with E-state index in [1.54, 1.807) is 0 Å². The summed E-state index contributed by atoms with van der Waals surface area (Å²) in [4.78, 5) is 12.3. The van der Waals surface area contributed by atoms with Crippen molar-refractivity contribution in [3.05, 3.63) is 18.2 Å². The first-order valence-corrected chi connectivity index (χ1v) is 8.48. The topological polar surface area (TPSA) is 59.6 Å². The predicted octanol–water partition coefficient (Wildman–Crippen LogP) is 3.75. The van der Waals surface area contributed by atoms with Gasteiger partial charge in [-0.05, 0) is 43.7 Å². The predicted molar refractivity (Wildman–Crippen MR) is 85.6 cm³/mol. The van der Waals surface area contributed by atoms with E-state index in [0.717, 1.165) is 37.8 Å². The highest BCUT2D eigenvalue weighted by Gasteiger charge is 2.34. The van der Waals surface area contributed by atoms with Crippen LogP contribution in [0.2, 0.25) is 0 Å². The molecule has 3 rings (SSSR count). The molecule has 9 heteroatoms. The molecule has 0 radical (unpaired) electrons. The SMILES string of the molecule is O=C(CC1CC2CCC(C1)N2)Nc1ccc(OC(F)F)cc1OC(F)F. The number of alkyl halides is 4. The molecular formula is C17H20F4N2O3. The molecule has 0 spiro atoms. The van der Waals surface area contributed by atoms with E-state index in [9.17, 15) is 22.4 Å². The van der Waals surface area contributed by atoms with E-state index in [2.05, 4.69) is 20.1 Å². The summed E-state index contributed by atoms with van der Waals surface area (Å²) >= 11 is 0. The monoisotopic (exact) mass is 376 g/mol. The molecule has 26 heavy (non-hydrogen) atoms. The van der Waals surface area contributed by atoms with Crippen molar-refractivity contribution >= 4 is 11.6 Å². The van der Waals surface area contributed by atoms with Gasteiger partial charge in [-0.2, -0.15) is 17.6 Å². The Morgan fingerprint density at radius 2 is 1.77 bits per heavy atom. The van der Waals surface area contributed by atoms with Crippen molar-refractivity contribution in [2.24, 2.45) is 5.92 Å². The van der Waals surface area contributed by atoms with E-state index >= 15 is 0 Å². The fourth-order valence-corrected chi connectivity index (χ4v) is 3.78. The third kappa shape index (κ3) is 5.00. The third-order valence-electron chi connectivity index (χ3n) is 4.71. The van der Waals surface area contributed by atoms with Crippen molar-refractivity contribution in [2.45, 2.75) is 57.4 Å². The normalized spacial score (nSPS) is 24.8. The van der Waals surface area contributed by atoms with Gasteiger partial charge in [0.1, 0.15) is 5.75 Å². The van der Waals surface area contributed by atoms with Gasteiger partial charge in [0.25, 0.3) is 0 Å². The van der Waals surface area contributed by atoms with E-state index in [-0.39, 0.29) is 29.7 Å². The Balaban J connectivity index is 1.64. The van der Waals surface area contributed by atoms with E-state index in [1.807, 2.05) is 0 Å². The molecule has 2 unspecified atom stereocenters. The molecule has 1 aromatic rings. The van der Waals surface area contributed by atoms with Crippen molar-refractivity contribution in [1.82, 2.24) is 5.32 Å². The number of nitrogens with one attached hydrogen (secondary N) is 2. The third-order valence-corrected chi connectivity index (χ3v) is 4.71. The lowest BCUT2D eigenvalue weighted by Gasteiger charge is -2.28. The molecule has 2 heterocycles. The second-order valence-corrected chi connectivity index (χ2v) is 6.64. The van der Waals surface area contributed by atoms with Crippen LogP contribution in [0.1, 0.15) is 32.1 Å². The summed E-state index contributed by atoms with van der Waals surface area (Å²) in [6.45, 7) is -6.25. The second kappa shape index (κ2) is 8.11. The van der Waals surface area contributed by atoms with Gasteiger partial charge >= 0.3 is 13.2 Å². The minimum absolute atomic E-state index is 0.00572. The Hall–Kier alpha value is -2.03. The van der Waals surface area contributed by atoms with Gasteiger partial charge in [0, 0.05) is 24.6 Å². The smallest absolute Gasteiger partial charge is 0.387 e. The van der Waals surface area contributed by atoms with Gasteiger partial charge in [-0.25, -0.2) is 0 Å². The summed E-state index contributed by atoms with van der Waals surface area (Å²) in [6, 6.07) is 4.15. The van der Waals surface area contributed by atoms with Crippen LogP contribution in [0.3, 0.4) is 0 Å². The Kier molecular flexibility index (Phi) is 5.85. The van der Waals surface area contributed by atoms with E-state index in [0.29, 0.717) is 12.1 Å². The van der Waals surface area contributed by atoms with Crippen molar-refractivity contribution in [3.63, 3.8) is 0 Å². The molecule has 1 aromatic carbocycles. The Morgan fingerprint density at radius 1 is 1.12 bits per heavy atom. The van der Waals surface area contributed by atoms with Crippen LogP contribution in [0.15, 0.2) is 18.2 Å². The number of fused-ring (bicyclic) bond motifs is 2. The lowest BCUT2D eigenvalue weighted by Crippen LogP contribution is -2.39. The number of anilines is 1. The molecule has 2 atom stereocenters. The zero-order chi connectivity index (χ0) is 18.7. The maximum Gasteiger partial charge on any atom is 0.387 e. The van der Waals surface area contributed by atoms with Crippen molar-refractivity contribution in [2.75, 3.05) is 5.32 Å². The van der Waals surface area contributed by atoms with Crippen molar-refractivity contribution in [3.8, 4) is 11.5 Å². The lowest BCUT2D eigenvalue weighted by atomic mass is 9.89. The Labute approximate surface area is 148 Å². The average Bonchev–Trinajstić information content (AvgIpc) is 2.87. The molecular weight excluding hydrogens is 356 g/mol.